The Labute approximate surface area is 92.9 Å². The van der Waals surface area contributed by atoms with Gasteiger partial charge in [0.2, 0.25) is 0 Å². The molecule has 0 radical (unpaired) electrons. The topological polar surface area (TPSA) is 47.6 Å². The lowest BCUT2D eigenvalue weighted by Crippen LogP contribution is -2.03. The third kappa shape index (κ3) is 3.18. The largest absolute Gasteiger partial charge is 0.490 e. The fraction of sp³-hybridized carbons (Fsp3) is 0.364. The van der Waals surface area contributed by atoms with Gasteiger partial charge in [-0.05, 0) is 12.5 Å². The fourth-order valence-electron chi connectivity index (χ4n) is 1.23. The Kier molecular flexibility index (Phi) is 4.69. The second kappa shape index (κ2) is 6.05. The third-order valence-electron chi connectivity index (χ3n) is 2.00. The van der Waals surface area contributed by atoms with Crippen LogP contribution in [0.25, 0.3) is 0 Å². The van der Waals surface area contributed by atoms with Crippen molar-refractivity contribution in [3.63, 3.8) is 0 Å². The van der Waals surface area contributed by atoms with Crippen LogP contribution < -0.4 is 10.6 Å². The maximum Gasteiger partial charge on any atom is 0.168 e. The molecule has 5 heteroatoms. The monoisotopic (exact) mass is 228 g/mol. The quantitative estimate of drug-likeness (QED) is 0.364. The van der Waals surface area contributed by atoms with Crippen LogP contribution in [0.1, 0.15) is 25.3 Å². The van der Waals surface area contributed by atoms with Crippen molar-refractivity contribution >= 4 is 6.21 Å². The standard InChI is InChI=1S/C11H14F2N2O/c1-2-3-4-16-11-8(7-15-14)5-9(12)6-10(11)13/h5-7H,2-4,14H2,1H3. The van der Waals surface area contributed by atoms with Gasteiger partial charge >= 0.3 is 0 Å². The molecule has 0 heterocycles. The summed E-state index contributed by atoms with van der Waals surface area (Å²) in [7, 11) is 0. The summed E-state index contributed by atoms with van der Waals surface area (Å²) in [5.41, 5.74) is 0.205. The van der Waals surface area contributed by atoms with Crippen molar-refractivity contribution in [1.82, 2.24) is 0 Å². The predicted molar refractivity (Wildman–Crippen MR) is 58.5 cm³/mol. The number of hydrazone groups is 1. The molecule has 0 fully saturated rings. The Bertz CT molecular complexity index is 380. The maximum absolute atomic E-state index is 13.4. The first-order valence-corrected chi connectivity index (χ1v) is 5.04. The van der Waals surface area contributed by atoms with E-state index in [-0.39, 0.29) is 11.3 Å². The van der Waals surface area contributed by atoms with Gasteiger partial charge in [-0.25, -0.2) is 8.78 Å². The van der Waals surface area contributed by atoms with Crippen LogP contribution in [0.4, 0.5) is 8.78 Å². The van der Waals surface area contributed by atoms with E-state index >= 15 is 0 Å². The van der Waals surface area contributed by atoms with E-state index in [4.69, 9.17) is 10.6 Å². The molecule has 0 saturated heterocycles. The van der Waals surface area contributed by atoms with Gasteiger partial charge in [0, 0.05) is 11.6 Å². The SMILES string of the molecule is CCCCOc1c(F)cc(F)cc1C=NN. The number of hydrogen-bond acceptors (Lipinski definition) is 3. The van der Waals surface area contributed by atoms with Crippen molar-refractivity contribution in [2.45, 2.75) is 19.8 Å². The zero-order valence-electron chi connectivity index (χ0n) is 9.04. The lowest BCUT2D eigenvalue weighted by Gasteiger charge is -2.09. The number of halogens is 2. The molecule has 0 spiro atoms. The smallest absolute Gasteiger partial charge is 0.168 e. The number of unbranched alkanes of at least 4 members (excludes halogenated alkanes) is 1. The second-order valence-corrected chi connectivity index (χ2v) is 3.29. The summed E-state index contributed by atoms with van der Waals surface area (Å²) in [6.45, 7) is 2.37. The van der Waals surface area contributed by atoms with Gasteiger partial charge in [-0.15, -0.1) is 0 Å². The van der Waals surface area contributed by atoms with E-state index in [9.17, 15) is 8.78 Å². The number of benzene rings is 1. The van der Waals surface area contributed by atoms with E-state index in [1.807, 2.05) is 6.92 Å². The van der Waals surface area contributed by atoms with Gasteiger partial charge in [0.25, 0.3) is 0 Å². The highest BCUT2D eigenvalue weighted by Crippen LogP contribution is 2.23. The molecule has 16 heavy (non-hydrogen) atoms. The minimum absolute atomic E-state index is 0.0101. The zero-order valence-corrected chi connectivity index (χ0v) is 9.04. The van der Waals surface area contributed by atoms with Gasteiger partial charge in [-0.3, -0.25) is 0 Å². The summed E-state index contributed by atoms with van der Waals surface area (Å²) in [5, 5.41) is 3.24. The van der Waals surface area contributed by atoms with Crippen LogP contribution in [0, 0.1) is 11.6 Å². The molecular formula is C11H14F2N2O. The number of rotatable bonds is 5. The van der Waals surface area contributed by atoms with Crippen molar-refractivity contribution in [1.29, 1.82) is 0 Å². The molecule has 0 aliphatic carbocycles. The molecule has 1 rings (SSSR count). The Morgan fingerprint density at radius 3 is 2.81 bits per heavy atom. The Morgan fingerprint density at radius 2 is 2.19 bits per heavy atom. The summed E-state index contributed by atoms with van der Waals surface area (Å²) >= 11 is 0. The highest BCUT2D eigenvalue weighted by atomic mass is 19.1. The van der Waals surface area contributed by atoms with Crippen LogP contribution in [0.5, 0.6) is 5.75 Å². The summed E-state index contributed by atoms with van der Waals surface area (Å²) in [5.74, 6) is 3.51. The molecule has 2 N–H and O–H groups in total. The highest BCUT2D eigenvalue weighted by molar-refractivity contribution is 5.83. The lowest BCUT2D eigenvalue weighted by molar-refractivity contribution is 0.293. The molecule has 1 aromatic rings. The van der Waals surface area contributed by atoms with Crippen molar-refractivity contribution in [2.75, 3.05) is 6.61 Å². The molecule has 0 amide bonds. The summed E-state index contributed by atoms with van der Waals surface area (Å²) in [6.07, 6.45) is 2.90. The van der Waals surface area contributed by atoms with Gasteiger partial charge in [0.15, 0.2) is 11.6 Å². The van der Waals surface area contributed by atoms with E-state index in [1.165, 1.54) is 0 Å². The average molecular weight is 228 g/mol. The van der Waals surface area contributed by atoms with Crippen LogP contribution in [0.3, 0.4) is 0 Å². The van der Waals surface area contributed by atoms with Gasteiger partial charge in [-0.1, -0.05) is 13.3 Å². The van der Waals surface area contributed by atoms with Crippen LogP contribution >= 0.6 is 0 Å². The fourth-order valence-corrected chi connectivity index (χ4v) is 1.23. The minimum Gasteiger partial charge on any atom is -0.490 e. The molecule has 0 unspecified atom stereocenters. The van der Waals surface area contributed by atoms with Crippen molar-refractivity contribution in [3.8, 4) is 5.75 Å². The van der Waals surface area contributed by atoms with Crippen molar-refractivity contribution in [3.05, 3.63) is 29.3 Å². The molecule has 0 aromatic heterocycles. The van der Waals surface area contributed by atoms with Crippen LogP contribution in [-0.2, 0) is 0 Å². The van der Waals surface area contributed by atoms with Crippen molar-refractivity contribution < 1.29 is 13.5 Å². The molecule has 0 saturated carbocycles. The van der Waals surface area contributed by atoms with Gasteiger partial charge in [-0.2, -0.15) is 5.10 Å². The first-order chi connectivity index (χ1) is 7.69. The third-order valence-corrected chi connectivity index (χ3v) is 2.00. The number of nitrogens with zero attached hydrogens (tertiary/aromatic N) is 1. The number of hydrogen-bond donors (Lipinski definition) is 1. The van der Waals surface area contributed by atoms with E-state index in [0.717, 1.165) is 31.2 Å². The average Bonchev–Trinajstić information content (AvgIpc) is 2.22. The van der Waals surface area contributed by atoms with Crippen molar-refractivity contribution in [2.24, 2.45) is 10.9 Å². The summed E-state index contributed by atoms with van der Waals surface area (Å²) in [4.78, 5) is 0. The first-order valence-electron chi connectivity index (χ1n) is 5.04. The molecule has 1 aromatic carbocycles. The molecule has 0 aliphatic heterocycles. The predicted octanol–water partition coefficient (Wildman–Crippen LogP) is 2.44. The Balaban J connectivity index is 2.94. The first kappa shape index (κ1) is 12.4. The molecule has 0 aliphatic rings. The lowest BCUT2D eigenvalue weighted by atomic mass is 10.2. The van der Waals surface area contributed by atoms with Crippen LogP contribution in [0.15, 0.2) is 17.2 Å². The molecule has 0 bridgehead atoms. The van der Waals surface area contributed by atoms with Crippen LogP contribution in [0.2, 0.25) is 0 Å². The Hall–Kier alpha value is -1.65. The van der Waals surface area contributed by atoms with Crippen LogP contribution in [-0.4, -0.2) is 12.8 Å². The zero-order chi connectivity index (χ0) is 12.0. The number of ether oxygens (including phenoxy) is 1. The second-order valence-electron chi connectivity index (χ2n) is 3.29. The normalized spacial score (nSPS) is 10.9. The summed E-state index contributed by atoms with van der Waals surface area (Å²) < 4.78 is 31.5. The summed E-state index contributed by atoms with van der Waals surface area (Å²) in [6, 6.07) is 1.90. The Morgan fingerprint density at radius 1 is 1.44 bits per heavy atom. The van der Waals surface area contributed by atoms with E-state index in [1.54, 1.807) is 0 Å². The van der Waals surface area contributed by atoms with E-state index in [2.05, 4.69) is 5.10 Å². The van der Waals surface area contributed by atoms with Gasteiger partial charge in [0.1, 0.15) is 5.82 Å². The number of nitrogens with two attached hydrogens (primary N) is 1. The van der Waals surface area contributed by atoms with E-state index in [0.29, 0.717) is 6.61 Å². The molecule has 0 atom stereocenters. The molecular weight excluding hydrogens is 214 g/mol. The minimum atomic E-state index is -0.744. The van der Waals surface area contributed by atoms with Gasteiger partial charge in [0.05, 0.1) is 12.8 Å². The highest BCUT2D eigenvalue weighted by Gasteiger charge is 2.11. The van der Waals surface area contributed by atoms with Gasteiger partial charge < -0.3 is 10.6 Å². The van der Waals surface area contributed by atoms with E-state index < -0.39 is 11.6 Å². The molecule has 3 nitrogen and oxygen atoms in total. The maximum atomic E-state index is 13.4. The molecule has 88 valence electrons.